The van der Waals surface area contributed by atoms with Crippen LogP contribution in [-0.4, -0.2) is 11.1 Å². The van der Waals surface area contributed by atoms with Crippen molar-refractivity contribution in [1.29, 1.82) is 0 Å². The van der Waals surface area contributed by atoms with Gasteiger partial charge in [-0.25, -0.2) is 0 Å². The molecule has 1 radical (unpaired) electrons. The normalized spacial score (nSPS) is 9.17. The lowest BCUT2D eigenvalue weighted by molar-refractivity contribution is -0.134. The second-order valence-corrected chi connectivity index (χ2v) is 0.988. The smallest absolute Gasteiger partial charge is 0.325 e. The zero-order valence-electron chi connectivity index (χ0n) is 3.43. The van der Waals surface area contributed by atoms with Gasteiger partial charge < -0.3 is 10.8 Å². The van der Waals surface area contributed by atoms with E-state index >= 15 is 0 Å². The Kier molecular flexibility index (Phi) is 1.60. The van der Waals surface area contributed by atoms with Crippen molar-refractivity contribution in [3.63, 3.8) is 0 Å². The van der Waals surface area contributed by atoms with E-state index < -0.39 is 5.97 Å². The molecule has 0 aromatic rings. The summed E-state index contributed by atoms with van der Waals surface area (Å²) >= 11 is 0. The molecule has 0 aliphatic rings. The third-order valence-corrected chi connectivity index (χ3v) is 0.337. The number of hydrogen-bond acceptors (Lipinski definition) is 2. The summed E-state index contributed by atoms with van der Waals surface area (Å²) in [5, 5.41) is 7.83. The van der Waals surface area contributed by atoms with Gasteiger partial charge in [0.1, 0.15) is 6.04 Å². The molecule has 0 atom stereocenters. The molecule has 0 rings (SSSR count). The summed E-state index contributed by atoms with van der Waals surface area (Å²) in [5.41, 5.74) is 4.75. The molecule has 0 aliphatic heterocycles. The Bertz CT molecular complexity index is 59.8. The van der Waals surface area contributed by atoms with Crippen molar-refractivity contribution in [3.8, 4) is 0 Å². The first-order chi connectivity index (χ1) is 2.64. The molecule has 3 nitrogen and oxygen atoms in total. The van der Waals surface area contributed by atoms with E-state index in [0.717, 1.165) is 0 Å². The minimum Gasteiger partial charge on any atom is -0.480 e. The van der Waals surface area contributed by atoms with E-state index in [1.54, 1.807) is 0 Å². The number of rotatable bonds is 1. The fourth-order valence-electron chi connectivity index (χ4n) is 0. The summed E-state index contributed by atoms with van der Waals surface area (Å²) in [7, 11) is 0. The van der Waals surface area contributed by atoms with Crippen LogP contribution >= 0.6 is 0 Å². The number of nitrogens with two attached hydrogens (primary N) is 1. The van der Waals surface area contributed by atoms with Gasteiger partial charge in [-0.2, -0.15) is 0 Å². The Morgan fingerprint density at radius 2 is 2.00 bits per heavy atom. The van der Waals surface area contributed by atoms with E-state index in [2.05, 4.69) is 0 Å². The topological polar surface area (TPSA) is 63.3 Å². The van der Waals surface area contributed by atoms with Crippen molar-refractivity contribution in [2.24, 2.45) is 5.73 Å². The van der Waals surface area contributed by atoms with Crippen LogP contribution in [0.1, 0.15) is 6.92 Å². The van der Waals surface area contributed by atoms with Gasteiger partial charge in [0.25, 0.3) is 0 Å². The lowest BCUT2D eigenvalue weighted by Crippen LogP contribution is -2.15. The Labute approximate surface area is 35.8 Å². The summed E-state index contributed by atoms with van der Waals surface area (Å²) in [6.45, 7) is 1.34. The molecule has 0 aliphatic carbocycles. The average molecular weight is 88.1 g/mol. The quantitative estimate of drug-likeness (QED) is 0.457. The second-order valence-electron chi connectivity index (χ2n) is 0.988. The van der Waals surface area contributed by atoms with E-state index in [4.69, 9.17) is 10.8 Å². The summed E-state index contributed by atoms with van der Waals surface area (Å²) in [4.78, 5) is 9.54. The molecule has 0 fully saturated rings. The first kappa shape index (κ1) is 5.43. The van der Waals surface area contributed by atoms with Crippen LogP contribution in [0, 0.1) is 6.04 Å². The van der Waals surface area contributed by atoms with Crippen molar-refractivity contribution in [2.75, 3.05) is 0 Å². The van der Waals surface area contributed by atoms with Gasteiger partial charge in [0.05, 0.1) is 0 Å². The van der Waals surface area contributed by atoms with E-state index in [1.807, 2.05) is 0 Å². The molecular weight excluding hydrogens is 82.0 g/mol. The first-order valence-electron chi connectivity index (χ1n) is 1.47. The van der Waals surface area contributed by atoms with Gasteiger partial charge in [0, 0.05) is 0 Å². The predicted octanol–water partition coefficient (Wildman–Crippen LogP) is -0.418. The highest BCUT2D eigenvalue weighted by molar-refractivity contribution is 5.80. The number of carbonyl (C=O) groups is 1. The fraction of sp³-hybridized carbons (Fsp3) is 0.333. The summed E-state index contributed by atoms with van der Waals surface area (Å²) in [5.74, 6) is -1.05. The fourth-order valence-corrected chi connectivity index (χ4v) is 0. The van der Waals surface area contributed by atoms with Crippen LogP contribution < -0.4 is 5.73 Å². The number of hydrogen-bond donors (Lipinski definition) is 2. The van der Waals surface area contributed by atoms with Gasteiger partial charge in [0.15, 0.2) is 0 Å². The standard InChI is InChI=1S/C3H6NO2/c1-2(4)3(5)6/h4H2,1H3,(H,5,6). The Morgan fingerprint density at radius 1 is 1.83 bits per heavy atom. The van der Waals surface area contributed by atoms with Crippen LogP contribution in [0.2, 0.25) is 0 Å². The van der Waals surface area contributed by atoms with Gasteiger partial charge in [-0.3, -0.25) is 4.79 Å². The first-order valence-corrected chi connectivity index (χ1v) is 1.47. The van der Waals surface area contributed by atoms with Crippen molar-refractivity contribution >= 4 is 5.97 Å². The summed E-state index contributed by atoms with van der Waals surface area (Å²) < 4.78 is 0. The SMILES string of the molecule is C[C](N)C(=O)O. The van der Waals surface area contributed by atoms with E-state index in [9.17, 15) is 4.79 Å². The van der Waals surface area contributed by atoms with Crippen molar-refractivity contribution in [3.05, 3.63) is 6.04 Å². The highest BCUT2D eigenvalue weighted by Crippen LogP contribution is 1.79. The maximum absolute atomic E-state index is 9.54. The molecule has 35 valence electrons. The van der Waals surface area contributed by atoms with Crippen LogP contribution in [0.5, 0.6) is 0 Å². The molecule has 0 saturated heterocycles. The van der Waals surface area contributed by atoms with E-state index in [0.29, 0.717) is 0 Å². The third-order valence-electron chi connectivity index (χ3n) is 0.337. The van der Waals surface area contributed by atoms with Gasteiger partial charge >= 0.3 is 5.97 Å². The van der Waals surface area contributed by atoms with Crippen molar-refractivity contribution in [2.45, 2.75) is 6.92 Å². The Balaban J connectivity index is 3.26. The van der Waals surface area contributed by atoms with Gasteiger partial charge in [-0.1, -0.05) is 0 Å². The maximum Gasteiger partial charge on any atom is 0.325 e. The minimum atomic E-state index is -1.05. The third kappa shape index (κ3) is 1.72. The van der Waals surface area contributed by atoms with Crippen LogP contribution in [0.15, 0.2) is 0 Å². The van der Waals surface area contributed by atoms with Gasteiger partial charge in [0.2, 0.25) is 0 Å². The van der Waals surface area contributed by atoms with Crippen LogP contribution in [-0.2, 0) is 4.79 Å². The zero-order chi connectivity index (χ0) is 5.15. The monoisotopic (exact) mass is 88.0 g/mol. The number of aliphatic carboxylic acids is 1. The van der Waals surface area contributed by atoms with Crippen molar-refractivity contribution < 1.29 is 9.90 Å². The zero-order valence-corrected chi connectivity index (χ0v) is 3.43. The number of carboxylic acids is 1. The van der Waals surface area contributed by atoms with Crippen LogP contribution in [0.25, 0.3) is 0 Å². The van der Waals surface area contributed by atoms with E-state index in [-0.39, 0.29) is 6.04 Å². The molecule has 0 saturated carbocycles. The maximum atomic E-state index is 9.54. The molecule has 0 bridgehead atoms. The molecule has 3 N–H and O–H groups in total. The second kappa shape index (κ2) is 1.77. The van der Waals surface area contributed by atoms with Crippen molar-refractivity contribution in [1.82, 2.24) is 0 Å². The molecule has 0 amide bonds. The Morgan fingerprint density at radius 3 is 2.00 bits per heavy atom. The molecule has 0 aromatic heterocycles. The van der Waals surface area contributed by atoms with Gasteiger partial charge in [-0.05, 0) is 6.92 Å². The molecule has 6 heavy (non-hydrogen) atoms. The van der Waals surface area contributed by atoms with Crippen LogP contribution in [0.3, 0.4) is 0 Å². The number of carboxylic acid groups (broad SMARTS) is 1. The highest BCUT2D eigenvalue weighted by Gasteiger charge is 2.01. The molecule has 3 heteroatoms. The molecular formula is C3H6NO2. The summed E-state index contributed by atoms with van der Waals surface area (Å²) in [6, 6.07) is -0.0741. The van der Waals surface area contributed by atoms with E-state index in [1.165, 1.54) is 6.92 Å². The molecule has 0 unspecified atom stereocenters. The minimum absolute atomic E-state index is 0.0741. The van der Waals surface area contributed by atoms with Crippen LogP contribution in [0.4, 0.5) is 0 Å². The average Bonchev–Trinajstić information content (AvgIpc) is 1.36. The Hall–Kier alpha value is -0.570. The highest BCUT2D eigenvalue weighted by atomic mass is 16.4. The predicted molar refractivity (Wildman–Crippen MR) is 20.7 cm³/mol. The largest absolute Gasteiger partial charge is 0.480 e. The lowest BCUT2D eigenvalue weighted by atomic mass is 10.4. The van der Waals surface area contributed by atoms with Gasteiger partial charge in [-0.15, -0.1) is 0 Å². The molecule has 0 spiro atoms. The molecule has 0 heterocycles. The lowest BCUT2D eigenvalue weighted by Gasteiger charge is -1.88. The molecule has 0 aromatic carbocycles. The summed E-state index contributed by atoms with van der Waals surface area (Å²) in [6.07, 6.45) is 0.